The van der Waals surface area contributed by atoms with Crippen LogP contribution in [0.2, 0.25) is 5.02 Å². The number of methoxy groups -OCH3 is 1. The molecule has 0 atom stereocenters. The minimum absolute atomic E-state index is 0.0358. The van der Waals surface area contributed by atoms with Crippen LogP contribution in [0.25, 0.3) is 0 Å². The normalized spacial score (nSPS) is 9.19. The molecule has 0 saturated heterocycles. The second-order valence-electron chi connectivity index (χ2n) is 3.18. The molecule has 0 fully saturated rings. The van der Waals surface area contributed by atoms with E-state index in [0.29, 0.717) is 11.1 Å². The molecule has 84 valence electrons. The van der Waals surface area contributed by atoms with Crippen molar-refractivity contribution in [3.63, 3.8) is 0 Å². The molecule has 1 aromatic carbocycles. The van der Waals surface area contributed by atoms with Gasteiger partial charge in [0.2, 0.25) is 0 Å². The fourth-order valence-corrected chi connectivity index (χ4v) is 1.37. The van der Waals surface area contributed by atoms with E-state index in [9.17, 15) is 9.90 Å². The number of phenols is 1. The third kappa shape index (κ3) is 3.18. The van der Waals surface area contributed by atoms with Crippen molar-refractivity contribution in [2.75, 3.05) is 7.11 Å². The Bertz CT molecular complexity index is 446. The van der Waals surface area contributed by atoms with Crippen molar-refractivity contribution in [1.82, 2.24) is 0 Å². The highest BCUT2D eigenvalue weighted by molar-refractivity contribution is 6.32. The third-order valence-corrected chi connectivity index (χ3v) is 2.24. The van der Waals surface area contributed by atoms with E-state index < -0.39 is 0 Å². The standard InChI is InChI=1S/C12H11ClO3/c1-8-6-9(7-10(13)12(8)15)4-3-5-11(14)16-2/h6-7,15H,5H2,1-2H3. The maximum absolute atomic E-state index is 10.8. The van der Waals surface area contributed by atoms with Gasteiger partial charge in [0.25, 0.3) is 0 Å². The van der Waals surface area contributed by atoms with E-state index in [0.717, 1.165) is 0 Å². The number of rotatable bonds is 1. The molecular weight excluding hydrogens is 228 g/mol. The third-order valence-electron chi connectivity index (χ3n) is 1.95. The van der Waals surface area contributed by atoms with Crippen LogP contribution in [-0.2, 0) is 9.53 Å². The molecule has 0 radical (unpaired) electrons. The molecule has 3 nitrogen and oxygen atoms in total. The fraction of sp³-hybridized carbons (Fsp3) is 0.250. The first-order chi connectivity index (χ1) is 7.54. The van der Waals surface area contributed by atoms with Gasteiger partial charge in [0, 0.05) is 5.56 Å². The molecule has 1 aromatic rings. The van der Waals surface area contributed by atoms with Crippen molar-refractivity contribution in [3.05, 3.63) is 28.3 Å². The Balaban J connectivity index is 2.86. The van der Waals surface area contributed by atoms with Crippen molar-refractivity contribution in [3.8, 4) is 17.6 Å². The SMILES string of the molecule is COC(=O)CC#Cc1cc(C)c(O)c(Cl)c1. The monoisotopic (exact) mass is 238 g/mol. The lowest BCUT2D eigenvalue weighted by molar-refractivity contribution is -0.139. The van der Waals surface area contributed by atoms with Crippen LogP contribution in [0.5, 0.6) is 5.75 Å². The lowest BCUT2D eigenvalue weighted by Crippen LogP contribution is -1.97. The first-order valence-corrected chi connectivity index (χ1v) is 4.97. The predicted molar refractivity (Wildman–Crippen MR) is 61.4 cm³/mol. The Morgan fingerprint density at radius 2 is 2.25 bits per heavy atom. The number of phenolic OH excluding ortho intramolecular Hbond substituents is 1. The van der Waals surface area contributed by atoms with Crippen LogP contribution in [0.4, 0.5) is 0 Å². The zero-order valence-corrected chi connectivity index (χ0v) is 9.76. The molecule has 1 N–H and O–H groups in total. The van der Waals surface area contributed by atoms with Crippen LogP contribution >= 0.6 is 11.6 Å². The van der Waals surface area contributed by atoms with Crippen LogP contribution < -0.4 is 0 Å². The second-order valence-corrected chi connectivity index (χ2v) is 3.59. The van der Waals surface area contributed by atoms with Crippen LogP contribution in [0, 0.1) is 18.8 Å². The summed E-state index contributed by atoms with van der Waals surface area (Å²) in [4.78, 5) is 10.8. The Hall–Kier alpha value is -1.66. The van der Waals surface area contributed by atoms with Gasteiger partial charge < -0.3 is 9.84 Å². The molecule has 0 unspecified atom stereocenters. The zero-order chi connectivity index (χ0) is 12.1. The largest absolute Gasteiger partial charge is 0.506 e. The van der Waals surface area contributed by atoms with Crippen LogP contribution in [-0.4, -0.2) is 18.2 Å². The molecule has 0 bridgehead atoms. The predicted octanol–water partition coefficient (Wildman–Crippen LogP) is 2.27. The molecule has 0 aliphatic rings. The topological polar surface area (TPSA) is 46.5 Å². The van der Waals surface area contributed by atoms with Crippen molar-refractivity contribution in [2.45, 2.75) is 13.3 Å². The maximum atomic E-state index is 10.8. The highest BCUT2D eigenvalue weighted by Gasteiger charge is 2.03. The van der Waals surface area contributed by atoms with E-state index in [1.54, 1.807) is 19.1 Å². The number of ether oxygens (including phenoxy) is 1. The molecule has 0 aliphatic carbocycles. The quantitative estimate of drug-likeness (QED) is 0.603. The van der Waals surface area contributed by atoms with E-state index in [2.05, 4.69) is 16.6 Å². The summed E-state index contributed by atoms with van der Waals surface area (Å²) in [5, 5.41) is 9.68. The Labute approximate surface area is 99.0 Å². The van der Waals surface area contributed by atoms with Gasteiger partial charge in [-0.2, -0.15) is 0 Å². The van der Waals surface area contributed by atoms with Crippen LogP contribution in [0.15, 0.2) is 12.1 Å². The Morgan fingerprint density at radius 1 is 1.56 bits per heavy atom. The summed E-state index contributed by atoms with van der Waals surface area (Å²) < 4.78 is 4.45. The van der Waals surface area contributed by atoms with Gasteiger partial charge in [-0.1, -0.05) is 23.4 Å². The number of carbonyl (C=O) groups excluding carboxylic acids is 1. The molecule has 0 amide bonds. The van der Waals surface area contributed by atoms with Gasteiger partial charge in [0.15, 0.2) is 0 Å². The summed E-state index contributed by atoms with van der Waals surface area (Å²) in [6, 6.07) is 3.25. The van der Waals surface area contributed by atoms with E-state index in [4.69, 9.17) is 11.6 Å². The number of benzene rings is 1. The summed E-state index contributed by atoms with van der Waals surface area (Å²) >= 11 is 5.78. The summed E-state index contributed by atoms with van der Waals surface area (Å²) in [7, 11) is 1.31. The first kappa shape index (κ1) is 12.4. The van der Waals surface area contributed by atoms with Crippen molar-refractivity contribution in [1.29, 1.82) is 0 Å². The van der Waals surface area contributed by atoms with E-state index in [-0.39, 0.29) is 23.2 Å². The van der Waals surface area contributed by atoms with Crippen LogP contribution in [0.3, 0.4) is 0 Å². The van der Waals surface area contributed by atoms with E-state index in [1.807, 2.05) is 0 Å². The molecular formula is C12H11ClO3. The Kier molecular flexibility index (Phi) is 4.21. The highest BCUT2D eigenvalue weighted by atomic mass is 35.5. The van der Waals surface area contributed by atoms with Gasteiger partial charge in [0.1, 0.15) is 12.2 Å². The number of hydrogen-bond acceptors (Lipinski definition) is 3. The van der Waals surface area contributed by atoms with Gasteiger partial charge in [-0.25, -0.2) is 0 Å². The fourth-order valence-electron chi connectivity index (χ4n) is 1.10. The minimum atomic E-state index is -0.380. The second kappa shape index (κ2) is 5.43. The number of halogens is 1. The van der Waals surface area contributed by atoms with Crippen molar-refractivity contribution >= 4 is 17.6 Å². The van der Waals surface area contributed by atoms with Crippen molar-refractivity contribution < 1.29 is 14.6 Å². The number of esters is 1. The molecule has 0 heterocycles. The minimum Gasteiger partial charge on any atom is -0.506 e. The summed E-state index contributed by atoms with van der Waals surface area (Å²) in [6.45, 7) is 1.73. The first-order valence-electron chi connectivity index (χ1n) is 4.59. The van der Waals surface area contributed by atoms with Gasteiger partial charge in [0.05, 0.1) is 12.1 Å². The molecule has 4 heteroatoms. The zero-order valence-electron chi connectivity index (χ0n) is 9.00. The van der Waals surface area contributed by atoms with Gasteiger partial charge in [-0.15, -0.1) is 0 Å². The summed E-state index contributed by atoms with van der Waals surface area (Å²) in [6.07, 6.45) is 0.0358. The molecule has 16 heavy (non-hydrogen) atoms. The van der Waals surface area contributed by atoms with E-state index in [1.165, 1.54) is 7.11 Å². The summed E-state index contributed by atoms with van der Waals surface area (Å²) in [5.41, 5.74) is 1.30. The lowest BCUT2D eigenvalue weighted by Gasteiger charge is -2.01. The molecule has 0 saturated carbocycles. The maximum Gasteiger partial charge on any atom is 0.317 e. The molecule has 0 aromatic heterocycles. The average Bonchev–Trinajstić information content (AvgIpc) is 2.25. The van der Waals surface area contributed by atoms with Gasteiger partial charge in [-0.3, -0.25) is 4.79 Å². The van der Waals surface area contributed by atoms with Gasteiger partial charge >= 0.3 is 5.97 Å². The average molecular weight is 239 g/mol. The highest BCUT2D eigenvalue weighted by Crippen LogP contribution is 2.27. The number of hydrogen-bond donors (Lipinski definition) is 1. The number of carbonyl (C=O) groups is 1. The number of aromatic hydroxyl groups is 1. The number of aryl methyl sites for hydroxylation is 1. The Morgan fingerprint density at radius 3 is 2.81 bits per heavy atom. The molecule has 0 spiro atoms. The van der Waals surface area contributed by atoms with Crippen LogP contribution in [0.1, 0.15) is 17.5 Å². The van der Waals surface area contributed by atoms with Gasteiger partial charge in [-0.05, 0) is 24.6 Å². The molecule has 1 rings (SSSR count). The summed E-state index contributed by atoms with van der Waals surface area (Å²) in [5.74, 6) is 5.11. The lowest BCUT2D eigenvalue weighted by atomic mass is 10.1. The smallest absolute Gasteiger partial charge is 0.317 e. The van der Waals surface area contributed by atoms with Crippen molar-refractivity contribution in [2.24, 2.45) is 0 Å². The van der Waals surface area contributed by atoms with E-state index >= 15 is 0 Å². The molecule has 0 aliphatic heterocycles.